The highest BCUT2D eigenvalue weighted by molar-refractivity contribution is 5.84. The second-order valence-corrected chi connectivity index (χ2v) is 4.00. The van der Waals surface area contributed by atoms with Crippen LogP contribution in [-0.4, -0.2) is 33.0 Å². The van der Waals surface area contributed by atoms with Gasteiger partial charge in [-0.2, -0.15) is 0 Å². The predicted octanol–water partition coefficient (Wildman–Crippen LogP) is -0.478. The van der Waals surface area contributed by atoms with Gasteiger partial charge in [-0.25, -0.2) is 0 Å². The number of amides is 1. The molecule has 0 aliphatic carbocycles. The van der Waals surface area contributed by atoms with E-state index in [-0.39, 0.29) is 5.91 Å². The summed E-state index contributed by atoms with van der Waals surface area (Å²) in [4.78, 5) is 11.4. The van der Waals surface area contributed by atoms with Crippen LogP contribution >= 0.6 is 0 Å². The summed E-state index contributed by atoms with van der Waals surface area (Å²) >= 11 is 0. The van der Waals surface area contributed by atoms with E-state index in [0.717, 1.165) is 13.0 Å². The molecule has 0 radical (unpaired) electrons. The lowest BCUT2D eigenvalue weighted by Crippen LogP contribution is -2.49. The van der Waals surface area contributed by atoms with Gasteiger partial charge in [0.15, 0.2) is 0 Å². The van der Waals surface area contributed by atoms with Crippen molar-refractivity contribution in [3.63, 3.8) is 0 Å². The molecule has 0 spiro atoms. The minimum Gasteiger partial charge on any atom is -0.354 e. The number of hydrogen-bond donors (Lipinski definition) is 2. The van der Waals surface area contributed by atoms with E-state index in [1.54, 1.807) is 30.9 Å². The molecule has 6 nitrogen and oxygen atoms in total. The monoisotopic (exact) mass is 211 g/mol. The molecule has 1 aromatic heterocycles. The maximum Gasteiger partial charge on any atom is 0.239 e. The van der Waals surface area contributed by atoms with Gasteiger partial charge in [-0.05, 0) is 20.3 Å². The number of carbonyl (C=O) groups is 1. The molecule has 0 aliphatic rings. The summed E-state index contributed by atoms with van der Waals surface area (Å²) in [5, 5.41) is 10.3. The molecule has 84 valence electrons. The summed E-state index contributed by atoms with van der Waals surface area (Å²) in [5.41, 5.74) is 4.80. The number of nitrogens with one attached hydrogen (secondary N) is 1. The van der Waals surface area contributed by atoms with Crippen molar-refractivity contribution in [3.05, 3.63) is 12.4 Å². The Morgan fingerprint density at radius 2 is 2.33 bits per heavy atom. The summed E-state index contributed by atoms with van der Waals surface area (Å²) in [5.74, 6) is -0.138. The second kappa shape index (κ2) is 4.88. The van der Waals surface area contributed by atoms with Gasteiger partial charge in [0.2, 0.25) is 5.91 Å². The summed E-state index contributed by atoms with van der Waals surface area (Å²) in [7, 11) is 0. The number of hydrogen-bond acceptors (Lipinski definition) is 4. The minimum absolute atomic E-state index is 0.138. The van der Waals surface area contributed by atoms with Gasteiger partial charge >= 0.3 is 0 Å². The Hall–Kier alpha value is -1.43. The molecule has 1 amide bonds. The normalized spacial score (nSPS) is 11.4. The Balaban J connectivity index is 2.15. The van der Waals surface area contributed by atoms with Crippen LogP contribution in [0.1, 0.15) is 20.3 Å². The number of aromatic nitrogens is 3. The molecular weight excluding hydrogens is 194 g/mol. The highest BCUT2D eigenvalue weighted by Gasteiger charge is 2.20. The molecule has 0 fully saturated rings. The molecule has 0 atom stereocenters. The van der Waals surface area contributed by atoms with E-state index in [2.05, 4.69) is 15.6 Å². The smallest absolute Gasteiger partial charge is 0.239 e. The molecule has 1 rings (SSSR count). The van der Waals surface area contributed by atoms with Gasteiger partial charge in [-0.15, -0.1) is 5.10 Å². The minimum atomic E-state index is -0.812. The van der Waals surface area contributed by atoms with Crippen molar-refractivity contribution in [2.45, 2.75) is 32.4 Å². The zero-order valence-electron chi connectivity index (χ0n) is 9.10. The lowest BCUT2D eigenvalue weighted by molar-refractivity contribution is -0.125. The Labute approximate surface area is 88.8 Å². The quantitative estimate of drug-likeness (QED) is 0.644. The van der Waals surface area contributed by atoms with Gasteiger partial charge in [0.25, 0.3) is 0 Å². The van der Waals surface area contributed by atoms with Crippen LogP contribution < -0.4 is 11.1 Å². The van der Waals surface area contributed by atoms with Crippen LogP contribution in [0.3, 0.4) is 0 Å². The molecule has 0 aliphatic heterocycles. The van der Waals surface area contributed by atoms with Gasteiger partial charge in [-0.1, -0.05) is 5.21 Å². The van der Waals surface area contributed by atoms with E-state index in [4.69, 9.17) is 5.73 Å². The van der Waals surface area contributed by atoms with Crippen LogP contribution in [0.5, 0.6) is 0 Å². The number of rotatable bonds is 5. The standard InChI is InChI=1S/C9H17N5O/c1-9(2,10)8(15)11-4-3-6-14-7-5-12-13-14/h5,7H,3-4,6,10H2,1-2H3,(H,11,15). The molecule has 0 saturated heterocycles. The summed E-state index contributed by atoms with van der Waals surface area (Å²) in [6, 6.07) is 0. The SMILES string of the molecule is CC(C)(N)C(=O)NCCCn1ccnn1. The van der Waals surface area contributed by atoms with E-state index in [1.807, 2.05) is 0 Å². The maximum atomic E-state index is 11.4. The van der Waals surface area contributed by atoms with Crippen LogP contribution in [0.2, 0.25) is 0 Å². The van der Waals surface area contributed by atoms with Gasteiger partial charge < -0.3 is 11.1 Å². The molecule has 6 heteroatoms. The van der Waals surface area contributed by atoms with Crippen LogP contribution in [0, 0.1) is 0 Å². The van der Waals surface area contributed by atoms with Crippen molar-refractivity contribution in [2.75, 3.05) is 6.54 Å². The lowest BCUT2D eigenvalue weighted by Gasteiger charge is -2.17. The van der Waals surface area contributed by atoms with E-state index in [0.29, 0.717) is 6.54 Å². The zero-order valence-corrected chi connectivity index (χ0v) is 9.10. The van der Waals surface area contributed by atoms with Crippen molar-refractivity contribution in [1.29, 1.82) is 0 Å². The maximum absolute atomic E-state index is 11.4. The fourth-order valence-corrected chi connectivity index (χ4v) is 1.02. The molecule has 15 heavy (non-hydrogen) atoms. The van der Waals surface area contributed by atoms with E-state index in [9.17, 15) is 4.79 Å². The Bertz CT molecular complexity index is 301. The van der Waals surface area contributed by atoms with E-state index < -0.39 is 5.54 Å². The third-order valence-electron chi connectivity index (χ3n) is 1.91. The highest BCUT2D eigenvalue weighted by atomic mass is 16.2. The average molecular weight is 211 g/mol. The second-order valence-electron chi connectivity index (χ2n) is 4.00. The van der Waals surface area contributed by atoms with Crippen molar-refractivity contribution < 1.29 is 4.79 Å². The molecular formula is C9H17N5O. The Morgan fingerprint density at radius 3 is 2.87 bits per heavy atom. The van der Waals surface area contributed by atoms with Crippen molar-refractivity contribution >= 4 is 5.91 Å². The van der Waals surface area contributed by atoms with Gasteiger partial charge in [0, 0.05) is 19.3 Å². The predicted molar refractivity (Wildman–Crippen MR) is 55.9 cm³/mol. The van der Waals surface area contributed by atoms with Gasteiger partial charge in [0.05, 0.1) is 11.7 Å². The Kier molecular flexibility index (Phi) is 3.79. The first-order chi connectivity index (χ1) is 7.00. The summed E-state index contributed by atoms with van der Waals surface area (Å²) in [6.07, 6.45) is 4.22. The molecule has 1 aromatic rings. The molecule has 0 saturated carbocycles. The third kappa shape index (κ3) is 4.07. The number of aryl methyl sites for hydroxylation is 1. The lowest BCUT2D eigenvalue weighted by atomic mass is 10.1. The van der Waals surface area contributed by atoms with Crippen LogP contribution in [0.4, 0.5) is 0 Å². The van der Waals surface area contributed by atoms with E-state index >= 15 is 0 Å². The van der Waals surface area contributed by atoms with Crippen LogP contribution in [0.15, 0.2) is 12.4 Å². The molecule has 3 N–H and O–H groups in total. The number of nitrogens with two attached hydrogens (primary N) is 1. The number of carbonyl (C=O) groups excluding carboxylic acids is 1. The molecule has 1 heterocycles. The summed E-state index contributed by atoms with van der Waals surface area (Å²) in [6.45, 7) is 4.70. The largest absolute Gasteiger partial charge is 0.354 e. The molecule has 0 unspecified atom stereocenters. The molecule has 0 bridgehead atoms. The first-order valence-corrected chi connectivity index (χ1v) is 4.91. The summed E-state index contributed by atoms with van der Waals surface area (Å²) < 4.78 is 1.72. The van der Waals surface area contributed by atoms with Crippen LogP contribution in [0.25, 0.3) is 0 Å². The van der Waals surface area contributed by atoms with E-state index in [1.165, 1.54) is 0 Å². The van der Waals surface area contributed by atoms with Crippen molar-refractivity contribution in [1.82, 2.24) is 20.3 Å². The topological polar surface area (TPSA) is 85.8 Å². The average Bonchev–Trinajstić information content (AvgIpc) is 2.63. The van der Waals surface area contributed by atoms with Crippen molar-refractivity contribution in [3.8, 4) is 0 Å². The fraction of sp³-hybridized carbons (Fsp3) is 0.667. The first-order valence-electron chi connectivity index (χ1n) is 4.91. The van der Waals surface area contributed by atoms with Gasteiger partial charge in [-0.3, -0.25) is 9.48 Å². The third-order valence-corrected chi connectivity index (χ3v) is 1.91. The van der Waals surface area contributed by atoms with Crippen LogP contribution in [-0.2, 0) is 11.3 Å². The molecule has 0 aromatic carbocycles. The van der Waals surface area contributed by atoms with Crippen molar-refractivity contribution in [2.24, 2.45) is 5.73 Å². The number of nitrogens with zero attached hydrogens (tertiary/aromatic N) is 3. The zero-order chi connectivity index (χ0) is 11.3. The fourth-order valence-electron chi connectivity index (χ4n) is 1.02. The van der Waals surface area contributed by atoms with Gasteiger partial charge in [0.1, 0.15) is 0 Å². The first kappa shape index (κ1) is 11.6. The highest BCUT2D eigenvalue weighted by Crippen LogP contribution is 1.95. The Morgan fingerprint density at radius 1 is 1.60 bits per heavy atom.